The highest BCUT2D eigenvalue weighted by molar-refractivity contribution is 5.98. The molecular formula is C10H15NO3. The maximum atomic E-state index is 8.73. The van der Waals surface area contributed by atoms with Gasteiger partial charge in [0.05, 0.1) is 25.5 Å². The predicted molar refractivity (Wildman–Crippen MR) is 54.4 cm³/mol. The summed E-state index contributed by atoms with van der Waals surface area (Å²) in [5.41, 5.74) is 1.33. The average Bonchev–Trinajstić information content (AvgIpc) is 2.72. The topological polar surface area (TPSA) is 51.0 Å². The van der Waals surface area contributed by atoms with Gasteiger partial charge in [0.1, 0.15) is 0 Å². The molecule has 1 aliphatic rings. The van der Waals surface area contributed by atoms with Crippen molar-refractivity contribution in [1.29, 1.82) is 0 Å². The van der Waals surface area contributed by atoms with E-state index in [1.54, 1.807) is 19.2 Å². The molecule has 1 fully saturated rings. The van der Waals surface area contributed by atoms with Crippen LogP contribution in [0.25, 0.3) is 0 Å². The van der Waals surface area contributed by atoms with E-state index in [9.17, 15) is 0 Å². The van der Waals surface area contributed by atoms with E-state index in [2.05, 4.69) is 11.6 Å². The zero-order valence-corrected chi connectivity index (χ0v) is 8.27. The molecule has 0 amide bonds. The second-order valence-electron chi connectivity index (χ2n) is 2.87. The Morgan fingerprint density at radius 2 is 2.14 bits per heavy atom. The van der Waals surface area contributed by atoms with Crippen molar-refractivity contribution in [2.24, 2.45) is 4.99 Å². The van der Waals surface area contributed by atoms with Crippen LogP contribution in [-0.4, -0.2) is 44.0 Å². The van der Waals surface area contributed by atoms with Crippen molar-refractivity contribution in [1.82, 2.24) is 0 Å². The molecule has 0 bridgehead atoms. The first-order chi connectivity index (χ1) is 6.77. The summed E-state index contributed by atoms with van der Waals surface area (Å²) in [4.78, 5) is 4.03. The van der Waals surface area contributed by atoms with Crippen LogP contribution in [0, 0.1) is 0 Å². The van der Waals surface area contributed by atoms with Gasteiger partial charge in [-0.2, -0.15) is 0 Å². The molecule has 0 aromatic carbocycles. The Labute approximate surface area is 83.6 Å². The standard InChI is InChI=1S/C10H15NO3/c1-8(7-12)3-4-9(11-2)10-13-5-6-14-10/h3-4,10,12H,1,5-7H2,2H3/b4-3-,11-9+. The normalized spacial score (nSPS) is 19.4. The molecule has 1 heterocycles. The summed E-state index contributed by atoms with van der Waals surface area (Å²) in [6.45, 7) is 4.77. The van der Waals surface area contributed by atoms with E-state index in [4.69, 9.17) is 14.6 Å². The molecule has 0 aromatic rings. The van der Waals surface area contributed by atoms with Crippen LogP contribution >= 0.6 is 0 Å². The van der Waals surface area contributed by atoms with Crippen LogP contribution in [0.1, 0.15) is 0 Å². The summed E-state index contributed by atoms with van der Waals surface area (Å²) in [5.74, 6) is 0. The molecule has 0 saturated carbocycles. The Morgan fingerprint density at radius 1 is 1.50 bits per heavy atom. The van der Waals surface area contributed by atoms with Crippen LogP contribution in [0.5, 0.6) is 0 Å². The molecule has 0 radical (unpaired) electrons. The number of hydrogen-bond donors (Lipinski definition) is 1. The Hall–Kier alpha value is -0.970. The van der Waals surface area contributed by atoms with Crippen molar-refractivity contribution in [2.45, 2.75) is 6.29 Å². The van der Waals surface area contributed by atoms with E-state index < -0.39 is 0 Å². The van der Waals surface area contributed by atoms with Gasteiger partial charge in [0, 0.05) is 7.05 Å². The van der Waals surface area contributed by atoms with Crippen molar-refractivity contribution >= 4 is 5.71 Å². The third-order valence-corrected chi connectivity index (χ3v) is 1.81. The fourth-order valence-corrected chi connectivity index (χ4v) is 1.04. The van der Waals surface area contributed by atoms with Crippen LogP contribution in [0.15, 0.2) is 29.3 Å². The van der Waals surface area contributed by atoms with Gasteiger partial charge in [0.15, 0.2) is 0 Å². The lowest BCUT2D eigenvalue weighted by Gasteiger charge is -2.07. The first-order valence-electron chi connectivity index (χ1n) is 4.44. The van der Waals surface area contributed by atoms with E-state index in [1.165, 1.54) is 0 Å². The summed E-state index contributed by atoms with van der Waals surface area (Å²) < 4.78 is 10.6. The molecular weight excluding hydrogens is 182 g/mol. The number of hydrogen-bond acceptors (Lipinski definition) is 4. The second-order valence-corrected chi connectivity index (χ2v) is 2.87. The quantitative estimate of drug-likeness (QED) is 0.528. The first kappa shape index (κ1) is 11.1. The number of rotatable bonds is 4. The van der Waals surface area contributed by atoms with E-state index in [-0.39, 0.29) is 12.9 Å². The van der Waals surface area contributed by atoms with Gasteiger partial charge in [-0.3, -0.25) is 4.99 Å². The molecule has 0 aromatic heterocycles. The summed E-state index contributed by atoms with van der Waals surface area (Å²) in [7, 11) is 1.67. The van der Waals surface area contributed by atoms with Crippen LogP contribution in [0.3, 0.4) is 0 Å². The van der Waals surface area contributed by atoms with Gasteiger partial charge >= 0.3 is 0 Å². The van der Waals surface area contributed by atoms with Crippen molar-refractivity contribution in [3.8, 4) is 0 Å². The maximum absolute atomic E-state index is 8.73. The van der Waals surface area contributed by atoms with Crippen molar-refractivity contribution < 1.29 is 14.6 Å². The molecule has 4 heteroatoms. The molecule has 0 aliphatic carbocycles. The summed E-state index contributed by atoms with van der Waals surface area (Å²) >= 11 is 0. The molecule has 78 valence electrons. The van der Waals surface area contributed by atoms with E-state index >= 15 is 0 Å². The van der Waals surface area contributed by atoms with Gasteiger partial charge in [-0.15, -0.1) is 0 Å². The molecule has 0 atom stereocenters. The fourth-order valence-electron chi connectivity index (χ4n) is 1.04. The Bertz CT molecular complexity index is 252. The number of aliphatic hydroxyl groups is 1. The monoisotopic (exact) mass is 197 g/mol. The molecule has 1 rings (SSSR count). The molecule has 4 nitrogen and oxygen atoms in total. The zero-order chi connectivity index (χ0) is 10.4. The minimum absolute atomic E-state index is 0.0557. The highest BCUT2D eigenvalue weighted by atomic mass is 16.7. The first-order valence-corrected chi connectivity index (χ1v) is 4.44. The van der Waals surface area contributed by atoms with Crippen LogP contribution < -0.4 is 0 Å². The SMILES string of the molecule is C=C(/C=C\C(=N/C)C1OCCO1)CO. The highest BCUT2D eigenvalue weighted by Crippen LogP contribution is 2.07. The third kappa shape index (κ3) is 3.06. The summed E-state index contributed by atoms with van der Waals surface area (Å²) in [5, 5.41) is 8.73. The fraction of sp³-hybridized carbons (Fsp3) is 0.500. The molecule has 1 saturated heterocycles. The second kappa shape index (κ2) is 5.70. The number of aliphatic hydroxyl groups excluding tert-OH is 1. The van der Waals surface area contributed by atoms with Gasteiger partial charge in [-0.1, -0.05) is 12.7 Å². The van der Waals surface area contributed by atoms with Crippen molar-refractivity contribution in [2.75, 3.05) is 26.9 Å². The highest BCUT2D eigenvalue weighted by Gasteiger charge is 2.19. The Kier molecular flexibility index (Phi) is 4.52. The largest absolute Gasteiger partial charge is 0.392 e. The number of aliphatic imine (C=N–C) groups is 1. The maximum Gasteiger partial charge on any atom is 0.200 e. The van der Waals surface area contributed by atoms with Gasteiger partial charge < -0.3 is 14.6 Å². The molecule has 14 heavy (non-hydrogen) atoms. The van der Waals surface area contributed by atoms with Gasteiger partial charge in [-0.05, 0) is 11.6 Å². The summed E-state index contributed by atoms with van der Waals surface area (Å²) in [6.07, 6.45) is 3.07. The average molecular weight is 197 g/mol. The van der Waals surface area contributed by atoms with Crippen molar-refractivity contribution in [3.05, 3.63) is 24.3 Å². The van der Waals surface area contributed by atoms with Gasteiger partial charge in [0.25, 0.3) is 0 Å². The van der Waals surface area contributed by atoms with Crippen molar-refractivity contribution in [3.63, 3.8) is 0 Å². The summed E-state index contributed by atoms with van der Waals surface area (Å²) in [6, 6.07) is 0. The van der Waals surface area contributed by atoms with E-state index in [1.807, 2.05) is 0 Å². The minimum atomic E-state index is -0.372. The minimum Gasteiger partial charge on any atom is -0.392 e. The lowest BCUT2D eigenvalue weighted by molar-refractivity contribution is 0.0155. The Balaban J connectivity index is 2.54. The molecule has 0 spiro atoms. The number of nitrogens with zero attached hydrogens (tertiary/aromatic N) is 1. The lowest BCUT2D eigenvalue weighted by Crippen LogP contribution is -2.19. The van der Waals surface area contributed by atoms with Gasteiger partial charge in [0.2, 0.25) is 6.29 Å². The molecule has 1 aliphatic heterocycles. The van der Waals surface area contributed by atoms with Crippen LogP contribution in [0.4, 0.5) is 0 Å². The Morgan fingerprint density at radius 3 is 2.64 bits per heavy atom. The lowest BCUT2D eigenvalue weighted by atomic mass is 10.2. The third-order valence-electron chi connectivity index (χ3n) is 1.81. The van der Waals surface area contributed by atoms with Crippen LogP contribution in [-0.2, 0) is 9.47 Å². The predicted octanol–water partition coefficient (Wildman–Crippen LogP) is 0.535. The zero-order valence-electron chi connectivity index (χ0n) is 8.27. The van der Waals surface area contributed by atoms with E-state index in [0.29, 0.717) is 24.5 Å². The van der Waals surface area contributed by atoms with Gasteiger partial charge in [-0.25, -0.2) is 0 Å². The smallest absolute Gasteiger partial charge is 0.200 e. The molecule has 0 unspecified atom stereocenters. The van der Waals surface area contributed by atoms with Crippen LogP contribution in [0.2, 0.25) is 0 Å². The number of ether oxygens (including phenoxy) is 2. The van der Waals surface area contributed by atoms with E-state index in [0.717, 1.165) is 0 Å². The molecule has 1 N–H and O–H groups in total.